The lowest BCUT2D eigenvalue weighted by Gasteiger charge is -2.37. The number of anilines is 1. The molecule has 2 N–H and O–H groups in total. The number of carbonyl (C=O) groups excluding carboxylic acids is 1. The van der Waals surface area contributed by atoms with E-state index in [9.17, 15) is 23.1 Å². The molecular weight excluding hydrogens is 532 g/mol. The SMILES string of the molecule is CC(C)(C)OC(=O)N1CC[C@@H](C(=O)O)[C@H](c2cccc(NS(=O)(=O)c3ccc(OCc4ccccc4)cc3)c2)C1. The predicted octanol–water partition coefficient (Wildman–Crippen LogP) is 5.49. The third-order valence-electron chi connectivity index (χ3n) is 6.53. The Hall–Kier alpha value is -4.05. The number of nitrogens with one attached hydrogen (secondary N) is 1. The summed E-state index contributed by atoms with van der Waals surface area (Å²) in [6.07, 6.45) is -0.247. The Morgan fingerprint density at radius 3 is 2.35 bits per heavy atom. The van der Waals surface area contributed by atoms with Gasteiger partial charge < -0.3 is 19.5 Å². The van der Waals surface area contributed by atoms with Crippen molar-refractivity contribution in [2.75, 3.05) is 17.8 Å². The number of carboxylic acids is 1. The number of piperidine rings is 1. The minimum absolute atomic E-state index is 0.0575. The second-order valence-electron chi connectivity index (χ2n) is 10.7. The van der Waals surface area contributed by atoms with Crippen molar-refractivity contribution in [2.45, 2.75) is 50.2 Å². The lowest BCUT2D eigenvalue weighted by atomic mass is 9.80. The van der Waals surface area contributed by atoms with Crippen molar-refractivity contribution >= 4 is 27.8 Å². The lowest BCUT2D eigenvalue weighted by molar-refractivity contribution is -0.144. The van der Waals surface area contributed by atoms with Crippen LogP contribution in [0.3, 0.4) is 0 Å². The van der Waals surface area contributed by atoms with Crippen molar-refractivity contribution in [3.8, 4) is 5.75 Å². The number of benzene rings is 3. The van der Waals surface area contributed by atoms with Crippen LogP contribution in [-0.2, 0) is 26.2 Å². The largest absolute Gasteiger partial charge is 0.489 e. The molecule has 2 atom stereocenters. The highest BCUT2D eigenvalue weighted by molar-refractivity contribution is 7.92. The van der Waals surface area contributed by atoms with Crippen molar-refractivity contribution in [3.05, 3.63) is 90.0 Å². The summed E-state index contributed by atoms with van der Waals surface area (Å²) in [4.78, 5) is 26.3. The minimum Gasteiger partial charge on any atom is -0.489 e. The van der Waals surface area contributed by atoms with Crippen LogP contribution in [0.1, 0.15) is 44.2 Å². The molecule has 0 aromatic heterocycles. The van der Waals surface area contributed by atoms with Crippen LogP contribution in [0, 0.1) is 5.92 Å². The van der Waals surface area contributed by atoms with Gasteiger partial charge in [-0.3, -0.25) is 9.52 Å². The topological polar surface area (TPSA) is 122 Å². The highest BCUT2D eigenvalue weighted by Gasteiger charge is 2.38. The van der Waals surface area contributed by atoms with Crippen molar-refractivity contribution in [1.82, 2.24) is 4.90 Å². The zero-order valence-electron chi connectivity index (χ0n) is 22.7. The Morgan fingerprint density at radius 2 is 1.70 bits per heavy atom. The maximum absolute atomic E-state index is 13.1. The second kappa shape index (κ2) is 12.0. The highest BCUT2D eigenvalue weighted by atomic mass is 32.2. The molecule has 9 nitrogen and oxygen atoms in total. The Labute approximate surface area is 234 Å². The van der Waals surface area contributed by atoms with Crippen molar-refractivity contribution < 1.29 is 32.6 Å². The van der Waals surface area contributed by atoms with Gasteiger partial charge >= 0.3 is 12.1 Å². The standard InChI is InChI=1S/C30H34N2O7S/c1-30(2,3)39-29(35)32-17-16-26(28(33)34)27(19-32)22-10-7-11-23(18-22)31-40(36,37)25-14-12-24(13-15-25)38-20-21-8-5-4-6-9-21/h4-15,18,26-27,31H,16-17,19-20H2,1-3H3,(H,33,34)/t26-,27+/m1/s1. The summed E-state index contributed by atoms with van der Waals surface area (Å²) in [7, 11) is -3.93. The van der Waals surface area contributed by atoms with Gasteiger partial charge in [-0.1, -0.05) is 42.5 Å². The highest BCUT2D eigenvalue weighted by Crippen LogP contribution is 2.35. The molecule has 0 aliphatic carbocycles. The number of hydrogen-bond acceptors (Lipinski definition) is 6. The fraction of sp³-hybridized carbons (Fsp3) is 0.333. The number of ether oxygens (including phenoxy) is 2. The number of carbonyl (C=O) groups is 2. The van der Waals surface area contributed by atoms with E-state index in [1.165, 1.54) is 17.0 Å². The number of hydrogen-bond donors (Lipinski definition) is 2. The van der Waals surface area contributed by atoms with Crippen LogP contribution in [0.25, 0.3) is 0 Å². The quantitative estimate of drug-likeness (QED) is 0.370. The van der Waals surface area contributed by atoms with Gasteiger partial charge in [-0.25, -0.2) is 13.2 Å². The number of nitrogens with zero attached hydrogens (tertiary/aromatic N) is 1. The molecule has 0 unspecified atom stereocenters. The van der Waals surface area contributed by atoms with Gasteiger partial charge in [0.05, 0.1) is 10.8 Å². The summed E-state index contributed by atoms with van der Waals surface area (Å²) in [5.74, 6) is -1.69. The molecule has 3 aromatic carbocycles. The van der Waals surface area contributed by atoms with E-state index in [1.54, 1.807) is 57.2 Å². The molecular formula is C30H34N2O7S. The molecule has 0 spiro atoms. The number of aliphatic carboxylic acids is 1. The van der Waals surface area contributed by atoms with Gasteiger partial charge in [0, 0.05) is 24.7 Å². The van der Waals surface area contributed by atoms with Crippen LogP contribution < -0.4 is 9.46 Å². The molecule has 1 aliphatic heterocycles. The first-order valence-electron chi connectivity index (χ1n) is 13.0. The molecule has 1 heterocycles. The summed E-state index contributed by atoms with van der Waals surface area (Å²) in [6.45, 7) is 6.09. The monoisotopic (exact) mass is 566 g/mol. The Balaban J connectivity index is 1.47. The normalized spacial score (nSPS) is 17.6. The van der Waals surface area contributed by atoms with Crippen LogP contribution in [-0.4, -0.2) is 49.2 Å². The number of rotatable bonds is 8. The zero-order chi connectivity index (χ0) is 28.9. The Morgan fingerprint density at radius 1 is 1.00 bits per heavy atom. The van der Waals surface area contributed by atoms with Crippen LogP contribution >= 0.6 is 0 Å². The van der Waals surface area contributed by atoms with E-state index in [2.05, 4.69) is 4.72 Å². The first-order chi connectivity index (χ1) is 18.9. The van der Waals surface area contributed by atoms with E-state index in [0.717, 1.165) is 5.56 Å². The Kier molecular flexibility index (Phi) is 8.68. The van der Waals surface area contributed by atoms with Crippen molar-refractivity contribution in [1.29, 1.82) is 0 Å². The average molecular weight is 567 g/mol. The molecule has 1 fully saturated rings. The van der Waals surface area contributed by atoms with Crippen LogP contribution in [0.5, 0.6) is 5.75 Å². The maximum Gasteiger partial charge on any atom is 0.410 e. The summed E-state index contributed by atoms with van der Waals surface area (Å²) < 4.78 is 40.0. The van der Waals surface area contributed by atoms with Crippen LogP contribution in [0.4, 0.5) is 10.5 Å². The van der Waals surface area contributed by atoms with Crippen LogP contribution in [0.15, 0.2) is 83.8 Å². The fourth-order valence-corrected chi connectivity index (χ4v) is 5.63. The molecule has 1 saturated heterocycles. The molecule has 0 bridgehead atoms. The third-order valence-corrected chi connectivity index (χ3v) is 7.93. The second-order valence-corrected chi connectivity index (χ2v) is 12.4. The van der Waals surface area contributed by atoms with Gasteiger partial charge in [-0.15, -0.1) is 0 Å². The first-order valence-corrected chi connectivity index (χ1v) is 14.5. The first kappa shape index (κ1) is 28.9. The summed E-state index contributed by atoms with van der Waals surface area (Å²) in [5.41, 5.74) is 1.23. The molecule has 10 heteroatoms. The molecule has 0 radical (unpaired) electrons. The Bertz CT molecular complexity index is 1430. The maximum atomic E-state index is 13.1. The average Bonchev–Trinajstić information content (AvgIpc) is 2.91. The number of amides is 1. The van der Waals surface area contributed by atoms with Gasteiger partial charge in [0.15, 0.2) is 0 Å². The molecule has 212 valence electrons. The zero-order valence-corrected chi connectivity index (χ0v) is 23.6. The lowest BCUT2D eigenvalue weighted by Crippen LogP contribution is -2.46. The molecule has 1 amide bonds. The fourth-order valence-electron chi connectivity index (χ4n) is 4.58. The van der Waals surface area contributed by atoms with E-state index < -0.39 is 39.5 Å². The summed E-state index contributed by atoms with van der Waals surface area (Å²) >= 11 is 0. The van der Waals surface area contributed by atoms with Crippen molar-refractivity contribution in [2.24, 2.45) is 5.92 Å². The molecule has 40 heavy (non-hydrogen) atoms. The van der Waals surface area contributed by atoms with Crippen molar-refractivity contribution in [3.63, 3.8) is 0 Å². The molecule has 0 saturated carbocycles. The molecule has 1 aliphatic rings. The van der Waals surface area contributed by atoms with E-state index in [0.29, 0.717) is 23.6 Å². The number of likely N-dealkylation sites (tertiary alicyclic amines) is 1. The van der Waals surface area contributed by atoms with E-state index in [4.69, 9.17) is 9.47 Å². The molecule has 4 rings (SSSR count). The van der Waals surface area contributed by atoms with Gasteiger partial charge in [0.1, 0.15) is 18.0 Å². The minimum atomic E-state index is -3.93. The molecule has 3 aromatic rings. The van der Waals surface area contributed by atoms with E-state index in [1.807, 2.05) is 30.3 Å². The van der Waals surface area contributed by atoms with Gasteiger partial charge in [-0.05, 0) is 74.7 Å². The van der Waals surface area contributed by atoms with Gasteiger partial charge in [0.25, 0.3) is 10.0 Å². The van der Waals surface area contributed by atoms with Gasteiger partial charge in [-0.2, -0.15) is 0 Å². The summed E-state index contributed by atoms with van der Waals surface area (Å²) in [6, 6.07) is 22.4. The van der Waals surface area contributed by atoms with E-state index in [-0.39, 0.29) is 24.4 Å². The predicted molar refractivity (Wildman–Crippen MR) is 151 cm³/mol. The smallest absolute Gasteiger partial charge is 0.410 e. The summed E-state index contributed by atoms with van der Waals surface area (Å²) in [5, 5.41) is 9.85. The van der Waals surface area contributed by atoms with Gasteiger partial charge in [0.2, 0.25) is 0 Å². The number of carboxylic acid groups (broad SMARTS) is 1. The van der Waals surface area contributed by atoms with Crippen LogP contribution in [0.2, 0.25) is 0 Å². The van der Waals surface area contributed by atoms with E-state index >= 15 is 0 Å². The number of sulfonamides is 1. The third kappa shape index (κ3) is 7.53.